The molecule has 0 aliphatic carbocycles. The molecule has 3 rings (SSSR count). The fourth-order valence-corrected chi connectivity index (χ4v) is 2.14. The number of amides is 1. The molecule has 0 saturated carbocycles. The standard InChI is InChI=1S/C15H9F3N2O/c16-15(17,18)10-3-4-11-12(14(21)20-13(11)7-10)6-9-2-1-5-19-8-9/h1-8H,(H,20,21)/b12-6+. The first-order chi connectivity index (χ1) is 9.95. The van der Waals surface area contributed by atoms with Crippen LogP contribution in [-0.4, -0.2) is 10.9 Å². The summed E-state index contributed by atoms with van der Waals surface area (Å²) < 4.78 is 38.0. The highest BCUT2D eigenvalue weighted by atomic mass is 19.4. The maximum absolute atomic E-state index is 12.7. The molecule has 1 aliphatic heterocycles. The van der Waals surface area contributed by atoms with Gasteiger partial charge in [0.15, 0.2) is 0 Å². The lowest BCUT2D eigenvalue weighted by Crippen LogP contribution is -2.06. The number of aromatic nitrogens is 1. The molecule has 21 heavy (non-hydrogen) atoms. The predicted molar refractivity (Wildman–Crippen MR) is 72.2 cm³/mol. The molecule has 0 radical (unpaired) electrons. The summed E-state index contributed by atoms with van der Waals surface area (Å²) in [6.07, 6.45) is 0.333. The average molecular weight is 290 g/mol. The SMILES string of the molecule is O=C1Nc2cc(C(F)(F)F)ccc2/C1=C\c1cccnc1. The van der Waals surface area contributed by atoms with Gasteiger partial charge in [-0.1, -0.05) is 12.1 Å². The van der Waals surface area contributed by atoms with Crippen molar-refractivity contribution in [1.82, 2.24) is 4.98 Å². The van der Waals surface area contributed by atoms with Crippen molar-refractivity contribution in [3.63, 3.8) is 0 Å². The Kier molecular flexibility index (Phi) is 3.01. The molecule has 1 aliphatic rings. The molecule has 1 aromatic heterocycles. The van der Waals surface area contributed by atoms with Crippen molar-refractivity contribution in [2.75, 3.05) is 5.32 Å². The van der Waals surface area contributed by atoms with Crippen LogP contribution in [-0.2, 0) is 11.0 Å². The number of hydrogen-bond donors (Lipinski definition) is 1. The molecule has 3 nitrogen and oxygen atoms in total. The number of halogens is 3. The highest BCUT2D eigenvalue weighted by molar-refractivity contribution is 6.34. The molecule has 0 atom stereocenters. The van der Waals surface area contributed by atoms with Crippen LogP contribution >= 0.6 is 0 Å². The van der Waals surface area contributed by atoms with Gasteiger partial charge in [-0.3, -0.25) is 9.78 Å². The minimum atomic E-state index is -4.43. The number of hydrogen-bond acceptors (Lipinski definition) is 2. The van der Waals surface area contributed by atoms with Crippen LogP contribution in [0.2, 0.25) is 0 Å². The minimum Gasteiger partial charge on any atom is -0.321 e. The van der Waals surface area contributed by atoms with Gasteiger partial charge in [0.05, 0.1) is 5.56 Å². The van der Waals surface area contributed by atoms with Gasteiger partial charge in [0.2, 0.25) is 0 Å². The van der Waals surface area contributed by atoms with E-state index in [0.717, 1.165) is 12.1 Å². The molecule has 1 amide bonds. The highest BCUT2D eigenvalue weighted by Crippen LogP contribution is 2.38. The molecule has 0 spiro atoms. The first-order valence-electron chi connectivity index (χ1n) is 6.10. The Labute approximate surface area is 118 Å². The van der Waals surface area contributed by atoms with E-state index >= 15 is 0 Å². The quantitative estimate of drug-likeness (QED) is 0.815. The van der Waals surface area contributed by atoms with E-state index < -0.39 is 17.6 Å². The lowest BCUT2D eigenvalue weighted by molar-refractivity contribution is -0.137. The van der Waals surface area contributed by atoms with E-state index in [1.165, 1.54) is 6.07 Å². The lowest BCUT2D eigenvalue weighted by atomic mass is 10.0. The summed E-state index contributed by atoms with van der Waals surface area (Å²) in [6.45, 7) is 0. The van der Waals surface area contributed by atoms with Gasteiger partial charge in [0.25, 0.3) is 5.91 Å². The predicted octanol–water partition coefficient (Wildman–Crippen LogP) is 3.59. The van der Waals surface area contributed by atoms with Gasteiger partial charge >= 0.3 is 6.18 Å². The van der Waals surface area contributed by atoms with E-state index in [0.29, 0.717) is 16.7 Å². The Morgan fingerprint density at radius 3 is 2.67 bits per heavy atom. The number of benzene rings is 1. The van der Waals surface area contributed by atoms with Gasteiger partial charge in [0.1, 0.15) is 0 Å². The molecule has 0 unspecified atom stereocenters. The molecular formula is C15H9F3N2O. The summed E-state index contributed by atoms with van der Waals surface area (Å²) in [5.41, 5.74) is 0.869. The molecule has 106 valence electrons. The normalized spacial score (nSPS) is 16.0. The number of alkyl halides is 3. The topological polar surface area (TPSA) is 42.0 Å². The second-order valence-electron chi connectivity index (χ2n) is 4.56. The van der Waals surface area contributed by atoms with E-state index in [9.17, 15) is 18.0 Å². The van der Waals surface area contributed by atoms with Crippen molar-refractivity contribution in [2.24, 2.45) is 0 Å². The minimum absolute atomic E-state index is 0.171. The summed E-state index contributed by atoms with van der Waals surface area (Å²) in [5, 5.41) is 2.45. The van der Waals surface area contributed by atoms with Crippen LogP contribution in [0.25, 0.3) is 11.6 Å². The third kappa shape index (κ3) is 2.52. The summed E-state index contributed by atoms with van der Waals surface area (Å²) in [6, 6.07) is 6.69. The highest BCUT2D eigenvalue weighted by Gasteiger charge is 2.33. The number of nitrogens with zero attached hydrogens (tertiary/aromatic N) is 1. The molecule has 0 saturated heterocycles. The van der Waals surface area contributed by atoms with E-state index in [1.54, 1.807) is 30.6 Å². The van der Waals surface area contributed by atoms with Gasteiger partial charge in [0, 0.05) is 29.2 Å². The Bertz CT molecular complexity index is 736. The summed E-state index contributed by atoms with van der Waals surface area (Å²) in [5.74, 6) is -0.423. The zero-order valence-corrected chi connectivity index (χ0v) is 10.6. The van der Waals surface area contributed by atoms with Crippen LogP contribution in [0, 0.1) is 0 Å². The molecule has 2 heterocycles. The van der Waals surface area contributed by atoms with E-state index in [1.807, 2.05) is 0 Å². The Morgan fingerprint density at radius 2 is 2.00 bits per heavy atom. The average Bonchev–Trinajstić information content (AvgIpc) is 2.75. The fourth-order valence-electron chi connectivity index (χ4n) is 2.14. The zero-order chi connectivity index (χ0) is 15.0. The number of pyridine rings is 1. The lowest BCUT2D eigenvalue weighted by Gasteiger charge is -2.08. The molecule has 1 N–H and O–H groups in total. The summed E-state index contributed by atoms with van der Waals surface area (Å²) in [7, 11) is 0. The van der Waals surface area contributed by atoms with E-state index in [-0.39, 0.29) is 5.69 Å². The number of nitrogens with one attached hydrogen (secondary N) is 1. The van der Waals surface area contributed by atoms with Crippen LogP contribution in [0.5, 0.6) is 0 Å². The third-order valence-corrected chi connectivity index (χ3v) is 3.13. The number of anilines is 1. The van der Waals surface area contributed by atoms with Gasteiger partial charge in [-0.15, -0.1) is 0 Å². The van der Waals surface area contributed by atoms with Crippen LogP contribution in [0.4, 0.5) is 18.9 Å². The molecule has 0 bridgehead atoms. The first kappa shape index (κ1) is 13.4. The van der Waals surface area contributed by atoms with E-state index in [2.05, 4.69) is 10.3 Å². The second-order valence-corrected chi connectivity index (χ2v) is 4.56. The van der Waals surface area contributed by atoms with E-state index in [4.69, 9.17) is 0 Å². The van der Waals surface area contributed by atoms with Gasteiger partial charge < -0.3 is 5.32 Å². The molecule has 2 aromatic rings. The van der Waals surface area contributed by atoms with Crippen LogP contribution in [0.15, 0.2) is 42.7 Å². The summed E-state index contributed by atoms with van der Waals surface area (Å²) >= 11 is 0. The van der Waals surface area contributed by atoms with Crippen molar-refractivity contribution in [2.45, 2.75) is 6.18 Å². The summed E-state index contributed by atoms with van der Waals surface area (Å²) in [4.78, 5) is 15.8. The van der Waals surface area contributed by atoms with Crippen molar-refractivity contribution in [3.05, 3.63) is 59.4 Å². The maximum Gasteiger partial charge on any atom is 0.416 e. The van der Waals surface area contributed by atoms with Crippen molar-refractivity contribution < 1.29 is 18.0 Å². The van der Waals surface area contributed by atoms with Crippen molar-refractivity contribution in [3.8, 4) is 0 Å². The number of fused-ring (bicyclic) bond motifs is 1. The maximum atomic E-state index is 12.7. The zero-order valence-electron chi connectivity index (χ0n) is 10.6. The Balaban J connectivity index is 2.05. The smallest absolute Gasteiger partial charge is 0.321 e. The number of rotatable bonds is 1. The third-order valence-electron chi connectivity index (χ3n) is 3.13. The fraction of sp³-hybridized carbons (Fsp3) is 0.0667. The number of carbonyl (C=O) groups is 1. The first-order valence-corrected chi connectivity index (χ1v) is 6.10. The molecule has 1 aromatic carbocycles. The van der Waals surface area contributed by atoms with Crippen molar-refractivity contribution in [1.29, 1.82) is 0 Å². The van der Waals surface area contributed by atoms with Crippen LogP contribution < -0.4 is 5.32 Å². The largest absolute Gasteiger partial charge is 0.416 e. The molecule has 0 fully saturated rings. The molecular weight excluding hydrogens is 281 g/mol. The number of carbonyl (C=O) groups excluding carboxylic acids is 1. The second kappa shape index (κ2) is 4.73. The van der Waals surface area contributed by atoms with Crippen molar-refractivity contribution >= 4 is 23.2 Å². The monoisotopic (exact) mass is 290 g/mol. The van der Waals surface area contributed by atoms with Crippen LogP contribution in [0.1, 0.15) is 16.7 Å². The van der Waals surface area contributed by atoms with Gasteiger partial charge in [-0.25, -0.2) is 0 Å². The van der Waals surface area contributed by atoms with Gasteiger partial charge in [-0.05, 0) is 29.8 Å². The Hall–Kier alpha value is -2.63. The van der Waals surface area contributed by atoms with Crippen LogP contribution in [0.3, 0.4) is 0 Å². The Morgan fingerprint density at radius 1 is 1.19 bits per heavy atom. The van der Waals surface area contributed by atoms with Gasteiger partial charge in [-0.2, -0.15) is 13.2 Å². The molecule has 6 heteroatoms.